The Kier molecular flexibility index (Phi) is 10.9. The minimum atomic E-state index is -1.01. The second-order valence-electron chi connectivity index (χ2n) is 10.6. The lowest BCUT2D eigenvalue weighted by atomic mass is 10.1. The molecule has 8 rings (SSSR count). The van der Waals surface area contributed by atoms with Gasteiger partial charge in [0.15, 0.2) is 8.68 Å². The summed E-state index contributed by atoms with van der Waals surface area (Å²) in [5.41, 5.74) is 5.47. The summed E-state index contributed by atoms with van der Waals surface area (Å²) >= 11 is 11.5. The van der Waals surface area contributed by atoms with Crippen molar-refractivity contribution in [2.75, 3.05) is 0 Å². The van der Waals surface area contributed by atoms with Crippen LogP contribution in [-0.4, -0.2) is 73.0 Å². The van der Waals surface area contributed by atoms with E-state index in [0.29, 0.717) is 32.1 Å². The zero-order valence-electron chi connectivity index (χ0n) is 26.6. The van der Waals surface area contributed by atoms with E-state index >= 15 is 0 Å². The number of nitrogens with zero attached hydrogens (tertiary/aromatic N) is 9. The fourth-order valence-electron chi connectivity index (χ4n) is 4.63. The number of tetrazole rings is 2. The molecule has 0 unspecified atom stereocenters. The summed E-state index contributed by atoms with van der Waals surface area (Å²) in [5, 5.41) is 49.1. The standard InChI is InChI=1S/C17H10ClN5O2S2.C17H11N5O2S2/c18-11-4-1-9(2-5-11)13-8-26-17(19-13)27-14-7-10(15-20-22-23-21-15)3-6-12(14)16(24)25;23-15(24)12-6-8-13(9-7-12)22-16(19-20-21-22)26-17-18-14(10-25-17)11-4-2-1-3-5-11/h1-8H,(H,24,25)(H,20,21,22,23);1-10H,(H,23,24). The number of carboxylic acid groups (broad SMARTS) is 2. The summed E-state index contributed by atoms with van der Waals surface area (Å²) in [5.74, 6) is -1.58. The molecule has 262 valence electrons. The molecule has 0 saturated carbocycles. The van der Waals surface area contributed by atoms with Crippen molar-refractivity contribution < 1.29 is 19.8 Å². The zero-order chi connectivity index (χ0) is 36.7. The molecule has 0 aliphatic heterocycles. The largest absolute Gasteiger partial charge is 0.478 e. The zero-order valence-corrected chi connectivity index (χ0v) is 30.7. The fraction of sp³-hybridized carbons (Fsp3) is 0. The van der Waals surface area contributed by atoms with Crippen molar-refractivity contribution in [3.05, 3.63) is 124 Å². The maximum atomic E-state index is 11.6. The maximum Gasteiger partial charge on any atom is 0.336 e. The maximum absolute atomic E-state index is 11.6. The van der Waals surface area contributed by atoms with Gasteiger partial charge in [0.1, 0.15) is 0 Å². The molecule has 0 radical (unpaired) electrons. The van der Waals surface area contributed by atoms with Gasteiger partial charge in [-0.15, -0.1) is 38.0 Å². The molecule has 4 heterocycles. The Morgan fingerprint density at radius 1 is 0.736 bits per heavy atom. The molecule has 3 N–H and O–H groups in total. The minimum Gasteiger partial charge on any atom is -0.478 e. The van der Waals surface area contributed by atoms with Gasteiger partial charge >= 0.3 is 11.9 Å². The van der Waals surface area contributed by atoms with Gasteiger partial charge in [0.2, 0.25) is 11.0 Å². The minimum absolute atomic E-state index is 0.190. The quantitative estimate of drug-likeness (QED) is 0.120. The number of carboxylic acids is 2. The van der Waals surface area contributed by atoms with Crippen LogP contribution in [0.4, 0.5) is 0 Å². The normalized spacial score (nSPS) is 10.8. The van der Waals surface area contributed by atoms with E-state index in [9.17, 15) is 14.7 Å². The van der Waals surface area contributed by atoms with E-state index in [2.05, 4.69) is 46.1 Å². The molecule has 0 atom stereocenters. The molecule has 0 amide bonds. The van der Waals surface area contributed by atoms with E-state index in [0.717, 1.165) is 31.2 Å². The number of hydrogen-bond acceptors (Lipinski definition) is 14. The van der Waals surface area contributed by atoms with Crippen LogP contribution in [0.15, 0.2) is 127 Å². The Bertz CT molecular complexity index is 2490. The van der Waals surface area contributed by atoms with E-state index < -0.39 is 11.9 Å². The van der Waals surface area contributed by atoms with Gasteiger partial charge in [0, 0.05) is 37.4 Å². The first-order chi connectivity index (χ1) is 25.8. The number of aromatic carboxylic acids is 2. The smallest absolute Gasteiger partial charge is 0.336 e. The fourth-order valence-corrected chi connectivity index (χ4v) is 8.42. The second-order valence-corrected chi connectivity index (χ2v) is 15.2. The molecule has 4 aromatic heterocycles. The van der Waals surface area contributed by atoms with Crippen LogP contribution in [0.25, 0.3) is 39.6 Å². The molecule has 0 bridgehead atoms. The number of rotatable bonds is 10. The van der Waals surface area contributed by atoms with Crippen molar-refractivity contribution in [3.8, 4) is 39.6 Å². The number of nitrogens with one attached hydrogen (secondary N) is 1. The van der Waals surface area contributed by atoms with Gasteiger partial charge in [-0.1, -0.05) is 71.9 Å². The number of aromatic amines is 1. The molecular formula is C34H21ClN10O4S4. The van der Waals surface area contributed by atoms with E-state index in [4.69, 9.17) is 16.7 Å². The lowest BCUT2D eigenvalue weighted by Gasteiger charge is -2.05. The van der Waals surface area contributed by atoms with Crippen molar-refractivity contribution in [1.82, 2.24) is 50.8 Å². The Morgan fingerprint density at radius 2 is 1.40 bits per heavy atom. The SMILES string of the molecule is O=C(O)c1ccc(-c2nn[nH]n2)cc1Sc1nc(-c2ccc(Cl)cc2)cs1.O=C(O)c1ccc(-n2nnnc2Sc2nc(-c3ccccc3)cs2)cc1. The van der Waals surface area contributed by atoms with Crippen molar-refractivity contribution in [2.45, 2.75) is 18.7 Å². The molecule has 0 aliphatic rings. The van der Waals surface area contributed by atoms with Crippen LogP contribution in [0.3, 0.4) is 0 Å². The van der Waals surface area contributed by atoms with E-state index in [1.807, 2.05) is 53.2 Å². The molecule has 53 heavy (non-hydrogen) atoms. The summed E-state index contributed by atoms with van der Waals surface area (Å²) in [6.45, 7) is 0. The average Bonchev–Trinajstić information content (AvgIpc) is 4.02. The third kappa shape index (κ3) is 8.65. The molecule has 8 aromatic rings. The number of halogens is 1. The van der Waals surface area contributed by atoms with Crippen molar-refractivity contribution in [3.63, 3.8) is 0 Å². The summed E-state index contributed by atoms with van der Waals surface area (Å²) in [7, 11) is 0. The monoisotopic (exact) mass is 796 g/mol. The van der Waals surface area contributed by atoms with Crippen LogP contribution in [0.1, 0.15) is 20.7 Å². The van der Waals surface area contributed by atoms with E-state index in [1.165, 1.54) is 64.4 Å². The highest BCUT2D eigenvalue weighted by molar-refractivity contribution is 8.01. The Balaban J connectivity index is 0.000000164. The third-order valence-electron chi connectivity index (χ3n) is 7.17. The summed E-state index contributed by atoms with van der Waals surface area (Å²) in [6.07, 6.45) is 0. The lowest BCUT2D eigenvalue weighted by molar-refractivity contribution is 0.0684. The molecule has 0 saturated heterocycles. The predicted molar refractivity (Wildman–Crippen MR) is 201 cm³/mol. The molecule has 14 nitrogen and oxygen atoms in total. The van der Waals surface area contributed by atoms with Crippen LogP contribution in [0, 0.1) is 0 Å². The van der Waals surface area contributed by atoms with Gasteiger partial charge in [0.05, 0.1) is 28.2 Å². The summed E-state index contributed by atoms with van der Waals surface area (Å²) in [6, 6.07) is 28.6. The van der Waals surface area contributed by atoms with Crippen LogP contribution in [0.2, 0.25) is 5.02 Å². The van der Waals surface area contributed by atoms with E-state index in [-0.39, 0.29) is 11.1 Å². The Labute approximate surface area is 321 Å². The van der Waals surface area contributed by atoms with Crippen molar-refractivity contribution in [1.29, 1.82) is 0 Å². The van der Waals surface area contributed by atoms with Gasteiger partial charge in [-0.05, 0) is 75.9 Å². The van der Waals surface area contributed by atoms with Crippen LogP contribution >= 0.6 is 57.8 Å². The Hall–Kier alpha value is -5.79. The summed E-state index contributed by atoms with van der Waals surface area (Å²) < 4.78 is 3.11. The highest BCUT2D eigenvalue weighted by atomic mass is 35.5. The third-order valence-corrected chi connectivity index (χ3v) is 11.3. The first kappa shape index (κ1) is 35.6. The van der Waals surface area contributed by atoms with Crippen LogP contribution < -0.4 is 0 Å². The number of H-pyrrole nitrogens is 1. The van der Waals surface area contributed by atoms with E-state index in [1.54, 1.807) is 41.1 Å². The predicted octanol–water partition coefficient (Wildman–Crippen LogP) is 8.13. The first-order valence-electron chi connectivity index (χ1n) is 15.1. The second kappa shape index (κ2) is 16.3. The number of benzene rings is 4. The van der Waals surface area contributed by atoms with Crippen LogP contribution in [0.5, 0.6) is 0 Å². The number of aromatic nitrogens is 10. The number of thiazole rings is 2. The van der Waals surface area contributed by atoms with Crippen LogP contribution in [-0.2, 0) is 0 Å². The lowest BCUT2D eigenvalue weighted by Crippen LogP contribution is -2.01. The molecular weight excluding hydrogens is 776 g/mol. The molecule has 0 fully saturated rings. The topological polar surface area (TPSA) is 198 Å². The number of carbonyl (C=O) groups is 2. The van der Waals surface area contributed by atoms with Gasteiger partial charge in [-0.3, -0.25) is 0 Å². The van der Waals surface area contributed by atoms with Gasteiger partial charge in [-0.25, -0.2) is 19.6 Å². The van der Waals surface area contributed by atoms with Crippen molar-refractivity contribution >= 4 is 69.7 Å². The average molecular weight is 797 g/mol. The van der Waals surface area contributed by atoms with Crippen molar-refractivity contribution in [2.24, 2.45) is 0 Å². The molecule has 19 heteroatoms. The molecule has 0 aliphatic carbocycles. The Morgan fingerprint density at radius 3 is 2.04 bits per heavy atom. The summed E-state index contributed by atoms with van der Waals surface area (Å²) in [4.78, 5) is 32.3. The van der Waals surface area contributed by atoms with Gasteiger partial charge in [-0.2, -0.15) is 9.90 Å². The molecule has 0 spiro atoms. The highest BCUT2D eigenvalue weighted by Gasteiger charge is 2.17. The first-order valence-corrected chi connectivity index (χ1v) is 18.9. The number of hydrogen-bond donors (Lipinski definition) is 3. The molecule has 4 aromatic carbocycles. The van der Waals surface area contributed by atoms with Gasteiger partial charge < -0.3 is 10.2 Å². The van der Waals surface area contributed by atoms with Gasteiger partial charge in [0.25, 0.3) is 0 Å². The highest BCUT2D eigenvalue weighted by Crippen LogP contribution is 2.37.